The standard InChI is InChI=1S/C16H24N4O2/c21-16(19-13-5-3-1-2-4-6-13)14-11-18-15(12-17-14)20-7-9-22-10-8-20/h11-13H,1-10H2,(H,19,21). The van der Waals surface area contributed by atoms with Gasteiger partial charge in [0, 0.05) is 19.1 Å². The van der Waals surface area contributed by atoms with Crippen LogP contribution in [0.15, 0.2) is 12.4 Å². The van der Waals surface area contributed by atoms with Gasteiger partial charge in [0.1, 0.15) is 11.5 Å². The number of aromatic nitrogens is 2. The van der Waals surface area contributed by atoms with Gasteiger partial charge in [-0.05, 0) is 12.8 Å². The van der Waals surface area contributed by atoms with Gasteiger partial charge in [-0.15, -0.1) is 0 Å². The molecule has 120 valence electrons. The molecular formula is C16H24N4O2. The lowest BCUT2D eigenvalue weighted by molar-refractivity contribution is 0.0927. The molecule has 1 saturated heterocycles. The minimum atomic E-state index is -0.104. The largest absolute Gasteiger partial charge is 0.378 e. The lowest BCUT2D eigenvalue weighted by atomic mass is 10.1. The Labute approximate surface area is 131 Å². The fourth-order valence-electron chi connectivity index (χ4n) is 3.08. The van der Waals surface area contributed by atoms with E-state index in [1.807, 2.05) is 0 Å². The Hall–Kier alpha value is -1.69. The fraction of sp³-hybridized carbons (Fsp3) is 0.688. The normalized spacial score (nSPS) is 20.5. The van der Waals surface area contributed by atoms with Crippen molar-refractivity contribution in [3.8, 4) is 0 Å². The van der Waals surface area contributed by atoms with Crippen LogP contribution in [0.3, 0.4) is 0 Å². The SMILES string of the molecule is O=C(NC1CCCCCC1)c1cnc(N2CCOCC2)cn1. The van der Waals surface area contributed by atoms with E-state index >= 15 is 0 Å². The Kier molecular flexibility index (Phi) is 5.21. The highest BCUT2D eigenvalue weighted by atomic mass is 16.5. The van der Waals surface area contributed by atoms with E-state index in [0.29, 0.717) is 18.9 Å². The number of morpholine rings is 1. The third kappa shape index (κ3) is 3.94. The van der Waals surface area contributed by atoms with Crippen LogP contribution in [0.1, 0.15) is 49.0 Å². The fourth-order valence-corrected chi connectivity index (χ4v) is 3.08. The van der Waals surface area contributed by atoms with Crippen molar-refractivity contribution in [2.75, 3.05) is 31.2 Å². The highest BCUT2D eigenvalue weighted by Crippen LogP contribution is 2.17. The molecule has 0 spiro atoms. The number of hydrogen-bond donors (Lipinski definition) is 1. The number of carbonyl (C=O) groups is 1. The second-order valence-corrected chi connectivity index (χ2v) is 6.02. The number of nitrogens with one attached hydrogen (secondary N) is 1. The quantitative estimate of drug-likeness (QED) is 0.862. The van der Waals surface area contributed by atoms with Crippen LogP contribution in [-0.2, 0) is 4.74 Å². The molecule has 1 aromatic heterocycles. The first kappa shape index (κ1) is 15.2. The number of carbonyl (C=O) groups excluding carboxylic acids is 1. The molecule has 0 aromatic carbocycles. The average Bonchev–Trinajstić information content (AvgIpc) is 2.84. The molecule has 0 unspecified atom stereocenters. The Morgan fingerprint density at radius 3 is 2.45 bits per heavy atom. The molecule has 1 aromatic rings. The summed E-state index contributed by atoms with van der Waals surface area (Å²) in [5.41, 5.74) is 0.404. The Morgan fingerprint density at radius 1 is 1.09 bits per heavy atom. The minimum Gasteiger partial charge on any atom is -0.378 e. The molecule has 3 rings (SSSR count). The monoisotopic (exact) mass is 304 g/mol. The zero-order chi connectivity index (χ0) is 15.2. The van der Waals surface area contributed by atoms with Crippen LogP contribution in [0.2, 0.25) is 0 Å². The predicted octanol–water partition coefficient (Wildman–Crippen LogP) is 1.77. The molecule has 1 N–H and O–H groups in total. The summed E-state index contributed by atoms with van der Waals surface area (Å²) in [6.07, 6.45) is 10.4. The summed E-state index contributed by atoms with van der Waals surface area (Å²) in [6.45, 7) is 3.07. The summed E-state index contributed by atoms with van der Waals surface area (Å²) >= 11 is 0. The van der Waals surface area contributed by atoms with Crippen LogP contribution in [0.4, 0.5) is 5.82 Å². The summed E-state index contributed by atoms with van der Waals surface area (Å²) < 4.78 is 5.32. The Bertz CT molecular complexity index is 477. The molecule has 2 fully saturated rings. The molecule has 0 radical (unpaired) electrons. The van der Waals surface area contributed by atoms with Gasteiger partial charge in [0.15, 0.2) is 0 Å². The molecule has 1 aliphatic heterocycles. The van der Waals surface area contributed by atoms with E-state index < -0.39 is 0 Å². The van der Waals surface area contributed by atoms with Gasteiger partial charge in [0.05, 0.1) is 25.6 Å². The van der Waals surface area contributed by atoms with Crippen LogP contribution in [0.25, 0.3) is 0 Å². The lowest BCUT2D eigenvalue weighted by Crippen LogP contribution is -2.37. The van der Waals surface area contributed by atoms with Crippen molar-refractivity contribution in [2.24, 2.45) is 0 Å². The smallest absolute Gasteiger partial charge is 0.271 e. The highest BCUT2D eigenvalue weighted by Gasteiger charge is 2.18. The van der Waals surface area contributed by atoms with Gasteiger partial charge < -0.3 is 15.0 Å². The summed E-state index contributed by atoms with van der Waals surface area (Å²) in [7, 11) is 0. The maximum Gasteiger partial charge on any atom is 0.271 e. The van der Waals surface area contributed by atoms with Crippen LogP contribution in [0, 0.1) is 0 Å². The maximum absolute atomic E-state index is 12.3. The minimum absolute atomic E-state index is 0.104. The van der Waals surface area contributed by atoms with Crippen molar-refractivity contribution in [2.45, 2.75) is 44.6 Å². The van der Waals surface area contributed by atoms with Gasteiger partial charge in [0.2, 0.25) is 0 Å². The molecule has 6 heteroatoms. The third-order valence-corrected chi connectivity index (χ3v) is 4.40. The number of hydrogen-bond acceptors (Lipinski definition) is 5. The van der Waals surface area contributed by atoms with Crippen molar-refractivity contribution in [1.29, 1.82) is 0 Å². The number of anilines is 1. The summed E-state index contributed by atoms with van der Waals surface area (Å²) in [5.74, 6) is 0.710. The van der Waals surface area contributed by atoms with Gasteiger partial charge in [-0.25, -0.2) is 9.97 Å². The molecule has 6 nitrogen and oxygen atoms in total. The Morgan fingerprint density at radius 2 is 1.82 bits per heavy atom. The van der Waals surface area contributed by atoms with Crippen LogP contribution >= 0.6 is 0 Å². The van der Waals surface area contributed by atoms with E-state index in [0.717, 1.165) is 31.7 Å². The van der Waals surface area contributed by atoms with Gasteiger partial charge in [-0.2, -0.15) is 0 Å². The molecular weight excluding hydrogens is 280 g/mol. The van der Waals surface area contributed by atoms with Crippen molar-refractivity contribution in [1.82, 2.24) is 15.3 Å². The molecule has 0 bridgehead atoms. The van der Waals surface area contributed by atoms with Crippen LogP contribution in [-0.4, -0.2) is 48.2 Å². The van der Waals surface area contributed by atoms with E-state index in [1.54, 1.807) is 12.4 Å². The zero-order valence-electron chi connectivity index (χ0n) is 13.0. The first-order chi connectivity index (χ1) is 10.8. The third-order valence-electron chi connectivity index (χ3n) is 4.40. The number of rotatable bonds is 3. The topological polar surface area (TPSA) is 67.4 Å². The van der Waals surface area contributed by atoms with E-state index in [1.165, 1.54) is 25.7 Å². The van der Waals surface area contributed by atoms with Crippen molar-refractivity contribution < 1.29 is 9.53 Å². The van der Waals surface area contributed by atoms with Gasteiger partial charge in [0.25, 0.3) is 5.91 Å². The number of ether oxygens (including phenoxy) is 1. The van der Waals surface area contributed by atoms with E-state index in [2.05, 4.69) is 20.2 Å². The van der Waals surface area contributed by atoms with E-state index in [-0.39, 0.29) is 11.9 Å². The van der Waals surface area contributed by atoms with Crippen molar-refractivity contribution >= 4 is 11.7 Å². The lowest BCUT2D eigenvalue weighted by Gasteiger charge is -2.27. The molecule has 2 heterocycles. The summed E-state index contributed by atoms with van der Waals surface area (Å²) in [6, 6.07) is 0.288. The summed E-state index contributed by atoms with van der Waals surface area (Å²) in [4.78, 5) is 23.1. The van der Waals surface area contributed by atoms with Crippen molar-refractivity contribution in [3.63, 3.8) is 0 Å². The molecule has 1 saturated carbocycles. The predicted molar refractivity (Wildman–Crippen MR) is 84.0 cm³/mol. The zero-order valence-corrected chi connectivity index (χ0v) is 13.0. The van der Waals surface area contributed by atoms with E-state index in [9.17, 15) is 4.79 Å². The second kappa shape index (κ2) is 7.54. The maximum atomic E-state index is 12.3. The van der Waals surface area contributed by atoms with Gasteiger partial charge in [-0.1, -0.05) is 25.7 Å². The van der Waals surface area contributed by atoms with Gasteiger partial charge >= 0.3 is 0 Å². The van der Waals surface area contributed by atoms with Crippen LogP contribution < -0.4 is 10.2 Å². The molecule has 2 aliphatic rings. The first-order valence-corrected chi connectivity index (χ1v) is 8.28. The molecule has 1 amide bonds. The van der Waals surface area contributed by atoms with Crippen LogP contribution in [0.5, 0.6) is 0 Å². The number of nitrogens with zero attached hydrogens (tertiary/aromatic N) is 3. The van der Waals surface area contributed by atoms with E-state index in [4.69, 9.17) is 4.74 Å². The molecule has 0 atom stereocenters. The summed E-state index contributed by atoms with van der Waals surface area (Å²) in [5, 5.41) is 3.10. The highest BCUT2D eigenvalue weighted by molar-refractivity contribution is 5.92. The number of amides is 1. The Balaban J connectivity index is 1.58. The molecule has 22 heavy (non-hydrogen) atoms. The average molecular weight is 304 g/mol. The first-order valence-electron chi connectivity index (χ1n) is 8.28. The molecule has 1 aliphatic carbocycles. The van der Waals surface area contributed by atoms with Crippen molar-refractivity contribution in [3.05, 3.63) is 18.1 Å². The second-order valence-electron chi connectivity index (χ2n) is 6.02. The van der Waals surface area contributed by atoms with Gasteiger partial charge in [-0.3, -0.25) is 4.79 Å².